The Balaban J connectivity index is 1.36. The molecule has 136 valence electrons. The van der Waals surface area contributed by atoms with Crippen molar-refractivity contribution in [1.82, 2.24) is 4.37 Å². The first-order valence-corrected chi connectivity index (χ1v) is 10.3. The minimum absolute atomic E-state index is 0.622. The molecule has 5 heteroatoms. The lowest BCUT2D eigenvalue weighted by Crippen LogP contribution is -2.04. The number of aromatic nitrogens is 1. The molecule has 3 nitrogen and oxygen atoms in total. The molecular weight excluding hydrogens is 422 g/mol. The van der Waals surface area contributed by atoms with Crippen LogP contribution in [0.1, 0.15) is 6.42 Å². The van der Waals surface area contributed by atoms with Crippen LogP contribution >= 0.6 is 27.5 Å². The molecule has 0 N–H and O–H groups in total. The van der Waals surface area contributed by atoms with Gasteiger partial charge in [-0.05, 0) is 54.0 Å². The van der Waals surface area contributed by atoms with E-state index in [1.165, 1.54) is 11.5 Å². The molecule has 4 aromatic rings. The van der Waals surface area contributed by atoms with Crippen molar-refractivity contribution in [3.8, 4) is 22.8 Å². The van der Waals surface area contributed by atoms with Crippen LogP contribution < -0.4 is 9.47 Å². The number of ether oxygens (including phenoxy) is 2. The predicted octanol–water partition coefficient (Wildman–Crippen LogP) is 6.57. The second-order valence-electron chi connectivity index (χ2n) is 6.06. The molecule has 0 aliphatic rings. The van der Waals surface area contributed by atoms with Gasteiger partial charge < -0.3 is 9.47 Å². The smallest absolute Gasteiger partial charge is 0.120 e. The number of halogens is 1. The molecule has 0 unspecified atom stereocenters. The van der Waals surface area contributed by atoms with E-state index in [4.69, 9.17) is 9.47 Å². The maximum absolute atomic E-state index is 5.88. The molecule has 1 heterocycles. The van der Waals surface area contributed by atoms with Crippen LogP contribution in [-0.2, 0) is 0 Å². The fourth-order valence-electron chi connectivity index (χ4n) is 2.78. The molecule has 0 atom stereocenters. The van der Waals surface area contributed by atoms with Crippen LogP contribution in [0.15, 0.2) is 77.3 Å². The standard InChI is InChI=1S/C22H18BrNO2S/c23-17-9-7-16(8-10-17)22-20-12-11-19(15-21(20)27-24-22)26-14-4-13-25-18-5-2-1-3-6-18/h1-3,5-12,15H,4,13-14H2. The zero-order valence-corrected chi connectivity index (χ0v) is 17.0. The van der Waals surface area contributed by atoms with Crippen LogP contribution in [0.3, 0.4) is 0 Å². The van der Waals surface area contributed by atoms with Gasteiger partial charge in [0.15, 0.2) is 0 Å². The minimum Gasteiger partial charge on any atom is -0.493 e. The van der Waals surface area contributed by atoms with Crippen LogP contribution in [0, 0.1) is 0 Å². The van der Waals surface area contributed by atoms with E-state index >= 15 is 0 Å². The Morgan fingerprint density at radius 1 is 0.815 bits per heavy atom. The molecule has 0 aliphatic carbocycles. The quantitative estimate of drug-likeness (QED) is 0.305. The molecule has 0 radical (unpaired) electrons. The topological polar surface area (TPSA) is 31.4 Å². The zero-order valence-electron chi connectivity index (χ0n) is 14.6. The highest BCUT2D eigenvalue weighted by Crippen LogP contribution is 2.33. The Hall–Kier alpha value is -2.37. The van der Waals surface area contributed by atoms with E-state index in [-0.39, 0.29) is 0 Å². The van der Waals surface area contributed by atoms with Crippen LogP contribution in [0.2, 0.25) is 0 Å². The van der Waals surface area contributed by atoms with Crippen molar-refractivity contribution in [3.05, 3.63) is 77.3 Å². The van der Waals surface area contributed by atoms with E-state index in [9.17, 15) is 0 Å². The Morgan fingerprint density at radius 2 is 1.56 bits per heavy atom. The van der Waals surface area contributed by atoms with Crippen molar-refractivity contribution in [2.45, 2.75) is 6.42 Å². The summed E-state index contributed by atoms with van der Waals surface area (Å²) in [5, 5.41) is 1.15. The molecule has 0 aliphatic heterocycles. The monoisotopic (exact) mass is 439 g/mol. The third-order valence-electron chi connectivity index (χ3n) is 4.13. The second kappa shape index (κ2) is 8.55. The van der Waals surface area contributed by atoms with E-state index in [1.807, 2.05) is 48.5 Å². The van der Waals surface area contributed by atoms with E-state index < -0.39 is 0 Å². The van der Waals surface area contributed by atoms with Gasteiger partial charge in [0.25, 0.3) is 0 Å². The molecule has 4 rings (SSSR count). The Labute approximate surface area is 170 Å². The maximum atomic E-state index is 5.88. The summed E-state index contributed by atoms with van der Waals surface area (Å²) in [5.74, 6) is 1.76. The highest BCUT2D eigenvalue weighted by Gasteiger charge is 2.09. The van der Waals surface area contributed by atoms with Gasteiger partial charge in [-0.25, -0.2) is 0 Å². The van der Waals surface area contributed by atoms with Gasteiger partial charge in [0.05, 0.1) is 23.6 Å². The molecule has 3 aromatic carbocycles. The van der Waals surface area contributed by atoms with E-state index in [2.05, 4.69) is 44.6 Å². The summed E-state index contributed by atoms with van der Waals surface area (Å²) < 4.78 is 18.4. The summed E-state index contributed by atoms with van der Waals surface area (Å²) in [6.45, 7) is 1.26. The van der Waals surface area contributed by atoms with Crippen molar-refractivity contribution < 1.29 is 9.47 Å². The lowest BCUT2D eigenvalue weighted by molar-refractivity contribution is 0.247. The molecule has 27 heavy (non-hydrogen) atoms. The van der Waals surface area contributed by atoms with E-state index in [0.29, 0.717) is 13.2 Å². The average molecular weight is 440 g/mol. The number of para-hydroxylation sites is 1. The fourth-order valence-corrected chi connectivity index (χ4v) is 3.87. The highest BCUT2D eigenvalue weighted by atomic mass is 79.9. The normalized spacial score (nSPS) is 10.9. The predicted molar refractivity (Wildman–Crippen MR) is 115 cm³/mol. The van der Waals surface area contributed by atoms with E-state index in [1.54, 1.807) is 0 Å². The van der Waals surface area contributed by atoms with Gasteiger partial charge in [0.1, 0.15) is 11.5 Å². The molecule has 0 saturated carbocycles. The number of nitrogens with zero attached hydrogens (tertiary/aromatic N) is 1. The molecule has 0 saturated heterocycles. The van der Waals surface area contributed by atoms with Gasteiger partial charge in [0, 0.05) is 21.8 Å². The fraction of sp³-hybridized carbons (Fsp3) is 0.136. The summed E-state index contributed by atoms with van der Waals surface area (Å²) in [7, 11) is 0. The van der Waals surface area contributed by atoms with Crippen LogP contribution in [0.5, 0.6) is 11.5 Å². The Morgan fingerprint density at radius 3 is 2.33 bits per heavy atom. The highest BCUT2D eigenvalue weighted by molar-refractivity contribution is 9.10. The Kier molecular flexibility index (Phi) is 5.70. The first-order chi connectivity index (χ1) is 13.3. The van der Waals surface area contributed by atoms with Crippen LogP contribution in [0.25, 0.3) is 21.3 Å². The number of benzene rings is 3. The van der Waals surface area contributed by atoms with Crippen molar-refractivity contribution in [2.75, 3.05) is 13.2 Å². The van der Waals surface area contributed by atoms with Gasteiger partial charge in [0.2, 0.25) is 0 Å². The van der Waals surface area contributed by atoms with E-state index in [0.717, 1.165) is 43.7 Å². The minimum atomic E-state index is 0.622. The van der Waals surface area contributed by atoms with Gasteiger partial charge in [-0.15, -0.1) is 0 Å². The second-order valence-corrected chi connectivity index (χ2v) is 7.78. The summed E-state index contributed by atoms with van der Waals surface area (Å²) in [6.07, 6.45) is 0.833. The molecular formula is C22H18BrNO2S. The largest absolute Gasteiger partial charge is 0.493 e. The summed E-state index contributed by atoms with van der Waals surface area (Å²) in [5.41, 5.74) is 2.14. The van der Waals surface area contributed by atoms with Gasteiger partial charge in [-0.2, -0.15) is 4.37 Å². The first-order valence-electron chi connectivity index (χ1n) is 8.75. The third kappa shape index (κ3) is 4.49. The molecule has 0 spiro atoms. The van der Waals surface area contributed by atoms with Gasteiger partial charge >= 0.3 is 0 Å². The van der Waals surface area contributed by atoms with Crippen molar-refractivity contribution >= 4 is 37.5 Å². The van der Waals surface area contributed by atoms with Crippen molar-refractivity contribution in [2.24, 2.45) is 0 Å². The van der Waals surface area contributed by atoms with Crippen LogP contribution in [-0.4, -0.2) is 17.6 Å². The average Bonchev–Trinajstić information content (AvgIpc) is 3.12. The van der Waals surface area contributed by atoms with Crippen molar-refractivity contribution in [3.63, 3.8) is 0 Å². The molecule has 1 aromatic heterocycles. The van der Waals surface area contributed by atoms with Crippen molar-refractivity contribution in [1.29, 1.82) is 0 Å². The molecule has 0 fully saturated rings. The lowest BCUT2D eigenvalue weighted by Gasteiger charge is -2.08. The summed E-state index contributed by atoms with van der Waals surface area (Å²) in [4.78, 5) is 0. The number of hydrogen-bond acceptors (Lipinski definition) is 4. The summed E-state index contributed by atoms with van der Waals surface area (Å²) in [6, 6.07) is 24.2. The summed E-state index contributed by atoms with van der Waals surface area (Å²) >= 11 is 4.97. The lowest BCUT2D eigenvalue weighted by atomic mass is 10.1. The molecule has 0 amide bonds. The van der Waals surface area contributed by atoms with Gasteiger partial charge in [-0.3, -0.25) is 0 Å². The number of hydrogen-bond donors (Lipinski definition) is 0. The number of fused-ring (bicyclic) bond motifs is 1. The third-order valence-corrected chi connectivity index (χ3v) is 5.47. The molecule has 0 bridgehead atoms. The maximum Gasteiger partial charge on any atom is 0.120 e. The Bertz CT molecular complexity index is 1020. The zero-order chi connectivity index (χ0) is 18.5. The van der Waals surface area contributed by atoms with Gasteiger partial charge in [-0.1, -0.05) is 46.3 Å². The van der Waals surface area contributed by atoms with Crippen LogP contribution in [0.4, 0.5) is 0 Å². The number of rotatable bonds is 7. The first kappa shape index (κ1) is 18.0. The SMILES string of the molecule is Brc1ccc(-c2nsc3cc(OCCCOc4ccccc4)ccc23)cc1.